The molecule has 0 bridgehead atoms. The summed E-state index contributed by atoms with van der Waals surface area (Å²) in [7, 11) is 0. The van der Waals surface area contributed by atoms with Crippen molar-refractivity contribution < 1.29 is 0 Å². The Hall–Kier alpha value is -0.900. The minimum atomic E-state index is 0. The van der Waals surface area contributed by atoms with E-state index >= 15 is 0 Å². The van der Waals surface area contributed by atoms with Crippen LogP contribution in [0.5, 0.6) is 0 Å². The van der Waals surface area contributed by atoms with E-state index in [0.29, 0.717) is 12.1 Å². The molecule has 7 heteroatoms. The maximum absolute atomic E-state index is 4.87. The smallest absolute Gasteiger partial charge is 0.191 e. The first-order valence-electron chi connectivity index (χ1n) is 11.9. The van der Waals surface area contributed by atoms with E-state index in [-0.39, 0.29) is 24.0 Å². The molecule has 2 fully saturated rings. The maximum atomic E-state index is 4.87. The fraction of sp³-hybridized carbons (Fsp3) is 0.708. The van der Waals surface area contributed by atoms with E-state index in [9.17, 15) is 0 Å². The van der Waals surface area contributed by atoms with Crippen LogP contribution in [0.15, 0.2) is 35.3 Å². The molecule has 0 aliphatic carbocycles. The Morgan fingerprint density at radius 1 is 1.00 bits per heavy atom. The van der Waals surface area contributed by atoms with Crippen LogP contribution in [-0.2, 0) is 6.54 Å². The van der Waals surface area contributed by atoms with E-state index in [4.69, 9.17) is 4.99 Å². The van der Waals surface area contributed by atoms with E-state index in [2.05, 4.69) is 76.4 Å². The van der Waals surface area contributed by atoms with Gasteiger partial charge in [-0.25, -0.2) is 0 Å². The third kappa shape index (κ3) is 9.24. The molecule has 2 saturated heterocycles. The summed E-state index contributed by atoms with van der Waals surface area (Å²) in [5, 5.41) is 7.11. The number of piperazine rings is 1. The van der Waals surface area contributed by atoms with Crippen LogP contribution in [0.25, 0.3) is 0 Å². The lowest BCUT2D eigenvalue weighted by molar-refractivity contribution is 0.130. The summed E-state index contributed by atoms with van der Waals surface area (Å²) >= 11 is 0. The van der Waals surface area contributed by atoms with Gasteiger partial charge in [-0.15, -0.1) is 24.0 Å². The third-order valence-corrected chi connectivity index (χ3v) is 6.34. The van der Waals surface area contributed by atoms with Gasteiger partial charge in [-0.3, -0.25) is 14.8 Å². The lowest BCUT2D eigenvalue weighted by Crippen LogP contribution is -2.50. The molecular formula is C24H43IN6. The standard InChI is InChI=1S/C24H42N6.HI/c1-4-25-24(27-23-10-13-30(14-11-23)21(2)3)26-12-15-28-16-18-29(19-17-28)20-22-8-6-5-7-9-22;/h5-9,21,23H,4,10-20H2,1-3H3,(H2,25,26,27);1H. The molecule has 0 saturated carbocycles. The van der Waals surface area contributed by atoms with Crippen molar-refractivity contribution in [3.8, 4) is 0 Å². The Kier molecular flexibility index (Phi) is 12.1. The zero-order valence-corrected chi connectivity index (χ0v) is 22.1. The second kappa shape index (κ2) is 14.3. The minimum absolute atomic E-state index is 0. The quantitative estimate of drug-likeness (QED) is 0.301. The van der Waals surface area contributed by atoms with Crippen LogP contribution in [0, 0.1) is 0 Å². The van der Waals surface area contributed by atoms with Gasteiger partial charge in [0.1, 0.15) is 0 Å². The molecule has 0 spiro atoms. The van der Waals surface area contributed by atoms with Crippen LogP contribution in [0.2, 0.25) is 0 Å². The van der Waals surface area contributed by atoms with Gasteiger partial charge in [0.25, 0.3) is 0 Å². The SMILES string of the molecule is CCNC(=NCCN1CCN(Cc2ccccc2)CC1)NC1CCN(C(C)C)CC1.I. The van der Waals surface area contributed by atoms with Gasteiger partial charge in [-0.1, -0.05) is 30.3 Å². The fourth-order valence-electron chi connectivity index (χ4n) is 4.39. The zero-order chi connectivity index (χ0) is 21.2. The second-order valence-corrected chi connectivity index (χ2v) is 8.91. The number of nitrogens with one attached hydrogen (secondary N) is 2. The predicted octanol–water partition coefficient (Wildman–Crippen LogP) is 2.85. The summed E-state index contributed by atoms with van der Waals surface area (Å²) in [5.74, 6) is 0.989. The van der Waals surface area contributed by atoms with Gasteiger partial charge < -0.3 is 15.5 Å². The molecule has 1 aromatic rings. The van der Waals surface area contributed by atoms with Gasteiger partial charge in [-0.05, 0) is 39.2 Å². The van der Waals surface area contributed by atoms with Crippen molar-refractivity contribution >= 4 is 29.9 Å². The van der Waals surface area contributed by atoms with Crippen LogP contribution in [0.3, 0.4) is 0 Å². The number of likely N-dealkylation sites (tertiary alicyclic amines) is 1. The largest absolute Gasteiger partial charge is 0.357 e. The monoisotopic (exact) mass is 542 g/mol. The summed E-state index contributed by atoms with van der Waals surface area (Å²) < 4.78 is 0. The number of aliphatic imine (C=N–C) groups is 1. The van der Waals surface area contributed by atoms with Crippen LogP contribution >= 0.6 is 24.0 Å². The van der Waals surface area contributed by atoms with Gasteiger partial charge in [0.15, 0.2) is 5.96 Å². The van der Waals surface area contributed by atoms with Gasteiger partial charge in [0.05, 0.1) is 6.54 Å². The minimum Gasteiger partial charge on any atom is -0.357 e. The van der Waals surface area contributed by atoms with E-state index < -0.39 is 0 Å². The zero-order valence-electron chi connectivity index (χ0n) is 19.7. The van der Waals surface area contributed by atoms with Crippen LogP contribution < -0.4 is 10.6 Å². The number of rotatable bonds is 8. The summed E-state index contributed by atoms with van der Waals surface area (Å²) in [6, 6.07) is 12.0. The number of benzene rings is 1. The molecule has 0 atom stereocenters. The van der Waals surface area contributed by atoms with Crippen molar-refractivity contribution in [1.82, 2.24) is 25.3 Å². The van der Waals surface area contributed by atoms with Crippen molar-refractivity contribution in [2.45, 2.75) is 52.2 Å². The highest BCUT2D eigenvalue weighted by molar-refractivity contribution is 14.0. The summed E-state index contributed by atoms with van der Waals surface area (Å²) in [5.41, 5.74) is 1.41. The highest BCUT2D eigenvalue weighted by Crippen LogP contribution is 2.13. The average molecular weight is 543 g/mol. The van der Waals surface area contributed by atoms with Crippen molar-refractivity contribution in [1.29, 1.82) is 0 Å². The lowest BCUT2D eigenvalue weighted by Gasteiger charge is -2.35. The van der Waals surface area contributed by atoms with Crippen LogP contribution in [0.1, 0.15) is 39.2 Å². The molecule has 2 N–H and O–H groups in total. The van der Waals surface area contributed by atoms with Crippen molar-refractivity contribution in [2.24, 2.45) is 4.99 Å². The topological polar surface area (TPSA) is 46.1 Å². The Morgan fingerprint density at radius 2 is 1.65 bits per heavy atom. The first kappa shape index (κ1) is 26.4. The first-order valence-corrected chi connectivity index (χ1v) is 11.9. The average Bonchev–Trinajstić information content (AvgIpc) is 2.76. The Labute approximate surface area is 206 Å². The van der Waals surface area contributed by atoms with Crippen molar-refractivity contribution in [3.63, 3.8) is 0 Å². The van der Waals surface area contributed by atoms with Gasteiger partial charge >= 0.3 is 0 Å². The lowest BCUT2D eigenvalue weighted by atomic mass is 10.0. The highest BCUT2D eigenvalue weighted by Gasteiger charge is 2.21. The van der Waals surface area contributed by atoms with Gasteiger partial charge in [0.2, 0.25) is 0 Å². The summed E-state index contributed by atoms with van der Waals surface area (Å²) in [6.07, 6.45) is 2.40. The predicted molar refractivity (Wildman–Crippen MR) is 142 cm³/mol. The molecule has 1 aromatic carbocycles. The molecule has 0 radical (unpaired) electrons. The summed E-state index contributed by atoms with van der Waals surface area (Å²) in [6.45, 7) is 17.5. The summed E-state index contributed by atoms with van der Waals surface area (Å²) in [4.78, 5) is 12.5. The van der Waals surface area contributed by atoms with Crippen LogP contribution in [0.4, 0.5) is 0 Å². The van der Waals surface area contributed by atoms with Gasteiger partial charge in [-0.2, -0.15) is 0 Å². The molecular weight excluding hydrogens is 499 g/mol. The number of nitrogens with zero attached hydrogens (tertiary/aromatic N) is 4. The Morgan fingerprint density at radius 3 is 2.26 bits per heavy atom. The third-order valence-electron chi connectivity index (χ3n) is 6.34. The molecule has 0 amide bonds. The number of piperidine rings is 1. The van der Waals surface area contributed by atoms with E-state index in [0.717, 1.165) is 58.3 Å². The van der Waals surface area contributed by atoms with Crippen LogP contribution in [-0.4, -0.2) is 91.6 Å². The normalized spacial score (nSPS) is 19.9. The second-order valence-electron chi connectivity index (χ2n) is 8.91. The molecule has 0 unspecified atom stereocenters. The van der Waals surface area contributed by atoms with Crippen molar-refractivity contribution in [3.05, 3.63) is 35.9 Å². The van der Waals surface area contributed by atoms with E-state index in [1.54, 1.807) is 0 Å². The Bertz CT molecular complexity index is 622. The van der Waals surface area contributed by atoms with Gasteiger partial charge in [0, 0.05) is 71.0 Å². The molecule has 2 aliphatic rings. The number of hydrogen-bond acceptors (Lipinski definition) is 4. The number of guanidine groups is 1. The van der Waals surface area contributed by atoms with Crippen molar-refractivity contribution in [2.75, 3.05) is 58.9 Å². The highest BCUT2D eigenvalue weighted by atomic mass is 127. The molecule has 2 aliphatic heterocycles. The number of halogens is 1. The van der Waals surface area contributed by atoms with E-state index in [1.165, 1.54) is 31.5 Å². The number of hydrogen-bond donors (Lipinski definition) is 2. The molecule has 3 rings (SSSR count). The molecule has 31 heavy (non-hydrogen) atoms. The molecule has 0 aromatic heterocycles. The maximum Gasteiger partial charge on any atom is 0.191 e. The molecule has 176 valence electrons. The fourth-order valence-corrected chi connectivity index (χ4v) is 4.39. The molecule has 6 nitrogen and oxygen atoms in total. The Balaban J connectivity index is 0.00000341. The molecule has 2 heterocycles. The van der Waals surface area contributed by atoms with E-state index in [1.807, 2.05) is 0 Å². The first-order chi connectivity index (χ1) is 14.6.